The van der Waals surface area contributed by atoms with Crippen LogP contribution in [0.25, 0.3) is 11.0 Å². The molecule has 1 aromatic heterocycles. The van der Waals surface area contributed by atoms with Crippen LogP contribution < -0.4 is 5.32 Å². The molecular weight excluding hydrogens is 438 g/mol. The van der Waals surface area contributed by atoms with Crippen molar-refractivity contribution in [2.75, 3.05) is 5.32 Å². The summed E-state index contributed by atoms with van der Waals surface area (Å²) in [7, 11) is 0. The largest absolute Gasteiger partial charge is 0.325 e. The molecular formula is C13H8Br3N3. The molecule has 3 rings (SSSR count). The van der Waals surface area contributed by atoms with Crippen LogP contribution in [0.3, 0.4) is 0 Å². The Morgan fingerprint density at radius 1 is 0.947 bits per heavy atom. The number of aromatic nitrogens is 2. The zero-order valence-corrected chi connectivity index (χ0v) is 14.3. The quantitative estimate of drug-likeness (QED) is 0.539. The SMILES string of the molecule is Brc1ccc(Nc2nc3cc(Br)ccc3[nH]2)c(Br)c1. The molecule has 96 valence electrons. The lowest BCUT2D eigenvalue weighted by molar-refractivity contribution is 1.30. The van der Waals surface area contributed by atoms with E-state index in [0.717, 1.165) is 36.1 Å². The molecule has 0 radical (unpaired) electrons. The molecule has 0 unspecified atom stereocenters. The van der Waals surface area contributed by atoms with E-state index in [1.165, 1.54) is 0 Å². The first kappa shape index (κ1) is 13.1. The average Bonchev–Trinajstić information content (AvgIpc) is 2.74. The summed E-state index contributed by atoms with van der Waals surface area (Å²) in [6.07, 6.45) is 0. The van der Waals surface area contributed by atoms with E-state index in [0.29, 0.717) is 0 Å². The molecule has 0 aliphatic heterocycles. The summed E-state index contributed by atoms with van der Waals surface area (Å²) in [5, 5.41) is 3.26. The van der Waals surface area contributed by atoms with Gasteiger partial charge < -0.3 is 10.3 Å². The zero-order valence-electron chi connectivity index (χ0n) is 9.55. The van der Waals surface area contributed by atoms with Gasteiger partial charge in [0, 0.05) is 13.4 Å². The summed E-state index contributed by atoms with van der Waals surface area (Å²) in [4.78, 5) is 7.74. The first-order chi connectivity index (χ1) is 9.11. The first-order valence-electron chi connectivity index (χ1n) is 5.49. The number of fused-ring (bicyclic) bond motifs is 1. The van der Waals surface area contributed by atoms with Gasteiger partial charge in [-0.05, 0) is 52.3 Å². The van der Waals surface area contributed by atoms with Crippen molar-refractivity contribution in [2.45, 2.75) is 0 Å². The third kappa shape index (κ3) is 2.85. The van der Waals surface area contributed by atoms with E-state index in [9.17, 15) is 0 Å². The zero-order chi connectivity index (χ0) is 13.4. The van der Waals surface area contributed by atoms with Crippen molar-refractivity contribution < 1.29 is 0 Å². The molecule has 0 saturated carbocycles. The number of hydrogen-bond donors (Lipinski definition) is 2. The van der Waals surface area contributed by atoms with Crippen molar-refractivity contribution in [3.8, 4) is 0 Å². The van der Waals surface area contributed by atoms with Gasteiger partial charge in [0.1, 0.15) is 0 Å². The predicted octanol–water partition coefficient (Wildman–Crippen LogP) is 5.59. The van der Waals surface area contributed by atoms with Gasteiger partial charge in [0.25, 0.3) is 0 Å². The molecule has 0 aliphatic rings. The number of nitrogens with zero attached hydrogens (tertiary/aromatic N) is 1. The monoisotopic (exact) mass is 443 g/mol. The van der Waals surface area contributed by atoms with Crippen LogP contribution in [0.4, 0.5) is 11.6 Å². The van der Waals surface area contributed by atoms with Crippen LogP contribution in [0.1, 0.15) is 0 Å². The van der Waals surface area contributed by atoms with Crippen molar-refractivity contribution in [2.24, 2.45) is 0 Å². The van der Waals surface area contributed by atoms with Gasteiger partial charge in [0.05, 0.1) is 16.7 Å². The Morgan fingerprint density at radius 2 is 1.68 bits per heavy atom. The molecule has 0 atom stereocenters. The fraction of sp³-hybridized carbons (Fsp3) is 0. The molecule has 2 aromatic carbocycles. The molecule has 2 N–H and O–H groups in total. The number of hydrogen-bond acceptors (Lipinski definition) is 2. The maximum Gasteiger partial charge on any atom is 0.205 e. The predicted molar refractivity (Wildman–Crippen MR) is 88.9 cm³/mol. The van der Waals surface area contributed by atoms with Crippen molar-refractivity contribution >= 4 is 70.5 Å². The Hall–Kier alpha value is -0.850. The van der Waals surface area contributed by atoms with Crippen LogP contribution in [-0.2, 0) is 0 Å². The number of rotatable bonds is 2. The highest BCUT2D eigenvalue weighted by Crippen LogP contribution is 2.29. The molecule has 1 heterocycles. The van der Waals surface area contributed by atoms with Gasteiger partial charge >= 0.3 is 0 Å². The van der Waals surface area contributed by atoms with Gasteiger partial charge in [-0.2, -0.15) is 0 Å². The molecule has 19 heavy (non-hydrogen) atoms. The minimum atomic E-state index is 0.719. The van der Waals surface area contributed by atoms with Crippen LogP contribution in [0.15, 0.2) is 49.8 Å². The average molecular weight is 446 g/mol. The summed E-state index contributed by atoms with van der Waals surface area (Å²) in [5.74, 6) is 0.719. The van der Waals surface area contributed by atoms with Gasteiger partial charge in [0.2, 0.25) is 5.95 Å². The van der Waals surface area contributed by atoms with Gasteiger partial charge in [-0.3, -0.25) is 0 Å². The first-order valence-corrected chi connectivity index (χ1v) is 7.87. The molecule has 6 heteroatoms. The van der Waals surface area contributed by atoms with Crippen LogP contribution in [0.5, 0.6) is 0 Å². The van der Waals surface area contributed by atoms with E-state index < -0.39 is 0 Å². The molecule has 3 nitrogen and oxygen atoms in total. The number of halogens is 3. The number of benzene rings is 2. The van der Waals surface area contributed by atoms with E-state index in [2.05, 4.69) is 63.1 Å². The Morgan fingerprint density at radius 3 is 2.47 bits per heavy atom. The number of imidazole rings is 1. The van der Waals surface area contributed by atoms with Crippen molar-refractivity contribution in [3.63, 3.8) is 0 Å². The second-order valence-corrected chi connectivity index (χ2v) is 6.68. The van der Waals surface area contributed by atoms with Gasteiger partial charge in [-0.25, -0.2) is 4.98 Å². The Balaban J connectivity index is 1.96. The summed E-state index contributed by atoms with van der Waals surface area (Å²) in [6.45, 7) is 0. The minimum Gasteiger partial charge on any atom is -0.325 e. The Bertz CT molecular complexity index is 752. The van der Waals surface area contributed by atoms with Gasteiger partial charge in [-0.1, -0.05) is 31.9 Å². The summed E-state index contributed by atoms with van der Waals surface area (Å²) in [5.41, 5.74) is 2.88. The smallest absolute Gasteiger partial charge is 0.205 e. The Labute approximate surface area is 135 Å². The maximum absolute atomic E-state index is 4.50. The molecule has 0 spiro atoms. The molecule has 0 aliphatic carbocycles. The van der Waals surface area contributed by atoms with Crippen molar-refractivity contribution in [1.29, 1.82) is 0 Å². The second-order valence-electron chi connectivity index (χ2n) is 4.00. The van der Waals surface area contributed by atoms with Crippen LogP contribution >= 0.6 is 47.8 Å². The van der Waals surface area contributed by atoms with Gasteiger partial charge in [-0.15, -0.1) is 0 Å². The molecule has 3 aromatic rings. The summed E-state index contributed by atoms with van der Waals surface area (Å²) < 4.78 is 3.02. The van der Waals surface area contributed by atoms with Gasteiger partial charge in [0.15, 0.2) is 0 Å². The topological polar surface area (TPSA) is 40.7 Å². The van der Waals surface area contributed by atoms with Crippen molar-refractivity contribution in [3.05, 3.63) is 49.8 Å². The molecule has 0 saturated heterocycles. The Kier molecular flexibility index (Phi) is 3.64. The van der Waals surface area contributed by atoms with Crippen LogP contribution in [0, 0.1) is 0 Å². The number of nitrogens with one attached hydrogen (secondary N) is 2. The summed E-state index contributed by atoms with van der Waals surface area (Å²) in [6, 6.07) is 11.9. The molecule has 0 amide bonds. The molecule has 0 fully saturated rings. The second kappa shape index (κ2) is 5.26. The number of anilines is 2. The maximum atomic E-state index is 4.50. The normalized spacial score (nSPS) is 10.9. The number of H-pyrrole nitrogens is 1. The van der Waals surface area contributed by atoms with Crippen LogP contribution in [-0.4, -0.2) is 9.97 Å². The highest BCUT2D eigenvalue weighted by Gasteiger charge is 2.06. The highest BCUT2D eigenvalue weighted by atomic mass is 79.9. The minimum absolute atomic E-state index is 0.719. The fourth-order valence-corrected chi connectivity index (χ4v) is 3.25. The van der Waals surface area contributed by atoms with E-state index in [1.807, 2.05) is 36.4 Å². The lowest BCUT2D eigenvalue weighted by Crippen LogP contribution is -1.93. The van der Waals surface area contributed by atoms with E-state index in [-0.39, 0.29) is 0 Å². The van der Waals surface area contributed by atoms with Crippen molar-refractivity contribution in [1.82, 2.24) is 9.97 Å². The fourth-order valence-electron chi connectivity index (χ4n) is 1.76. The van der Waals surface area contributed by atoms with E-state index in [4.69, 9.17) is 0 Å². The molecule has 0 bridgehead atoms. The standard InChI is InChI=1S/C13H8Br3N3/c14-7-1-3-10(9(16)5-7)17-13-18-11-4-2-8(15)6-12(11)19-13/h1-6H,(H2,17,18,19). The lowest BCUT2D eigenvalue weighted by Gasteiger charge is -2.05. The van der Waals surface area contributed by atoms with Crippen LogP contribution in [0.2, 0.25) is 0 Å². The third-order valence-electron chi connectivity index (χ3n) is 2.63. The van der Waals surface area contributed by atoms with E-state index >= 15 is 0 Å². The lowest BCUT2D eigenvalue weighted by atomic mass is 10.3. The summed E-state index contributed by atoms with van der Waals surface area (Å²) >= 11 is 10.4. The number of aromatic amines is 1. The highest BCUT2D eigenvalue weighted by molar-refractivity contribution is 9.11. The van der Waals surface area contributed by atoms with E-state index in [1.54, 1.807) is 0 Å². The third-order valence-corrected chi connectivity index (χ3v) is 4.27.